The van der Waals surface area contributed by atoms with E-state index in [-0.39, 0.29) is 21.7 Å². The summed E-state index contributed by atoms with van der Waals surface area (Å²) in [6, 6.07) is 0. The van der Waals surface area contributed by atoms with Gasteiger partial charge < -0.3 is 4.74 Å². The molecule has 0 aromatic carbocycles. The van der Waals surface area contributed by atoms with Gasteiger partial charge in [0.15, 0.2) is 0 Å². The van der Waals surface area contributed by atoms with Crippen molar-refractivity contribution in [2.24, 2.45) is 50.2 Å². The van der Waals surface area contributed by atoms with Gasteiger partial charge in [-0.3, -0.25) is 4.79 Å². The summed E-state index contributed by atoms with van der Waals surface area (Å²) in [5.74, 6) is 2.27. The third kappa shape index (κ3) is 2.39. The molecule has 2 heteroatoms. The molecule has 6 rings (SSSR count). The molecule has 0 amide bonds. The second-order valence-corrected chi connectivity index (χ2v) is 15.3. The van der Waals surface area contributed by atoms with Crippen LogP contribution in [0.1, 0.15) is 107 Å². The Kier molecular flexibility index (Phi) is 4.07. The summed E-state index contributed by atoms with van der Waals surface area (Å²) >= 11 is 0. The van der Waals surface area contributed by atoms with E-state index in [1.807, 2.05) is 0 Å². The number of Topliss-reactive ketones (excluding diaryl/α,β-unsaturated/α-hetero) is 1. The molecule has 0 aromatic heterocycles. The molecule has 9 unspecified atom stereocenters. The second kappa shape index (κ2) is 5.95. The lowest BCUT2D eigenvalue weighted by molar-refractivity contribution is -0.164. The highest BCUT2D eigenvalue weighted by Gasteiger charge is 2.77. The highest BCUT2D eigenvalue weighted by atomic mass is 16.6. The number of carbonyl (C=O) groups is 1. The Hall–Kier alpha value is -0.630. The van der Waals surface area contributed by atoms with E-state index in [9.17, 15) is 4.79 Å². The van der Waals surface area contributed by atoms with Crippen LogP contribution in [0.2, 0.25) is 0 Å². The fourth-order valence-corrected chi connectivity index (χ4v) is 11.0. The van der Waals surface area contributed by atoms with Gasteiger partial charge in [-0.25, -0.2) is 0 Å². The van der Waals surface area contributed by atoms with Crippen molar-refractivity contribution in [2.75, 3.05) is 0 Å². The van der Waals surface area contributed by atoms with Crippen molar-refractivity contribution in [3.63, 3.8) is 0 Å². The molecule has 178 valence electrons. The molecule has 9 atom stereocenters. The third-order valence-electron chi connectivity index (χ3n) is 12.7. The van der Waals surface area contributed by atoms with E-state index in [2.05, 4.69) is 61.5 Å². The zero-order valence-electron chi connectivity index (χ0n) is 21.9. The van der Waals surface area contributed by atoms with Crippen LogP contribution < -0.4 is 0 Å². The van der Waals surface area contributed by atoms with Crippen LogP contribution in [0.15, 0.2) is 11.6 Å². The van der Waals surface area contributed by atoms with Gasteiger partial charge in [-0.05, 0) is 78.4 Å². The first kappa shape index (κ1) is 21.9. The summed E-state index contributed by atoms with van der Waals surface area (Å²) in [6.07, 6.45) is 13.1. The highest BCUT2D eigenvalue weighted by molar-refractivity contribution is 5.85. The van der Waals surface area contributed by atoms with Crippen molar-refractivity contribution < 1.29 is 9.53 Å². The standard InChI is InChI=1S/C30H46O2/c1-25(2)15-16-27(5)12-9-19-29(7)13-10-18-26(3,4)21(31)11-14-28(18,6)23(29)22-24(32-22)30(19,8)20(27)17-25/h9,18,20,22-24H,10-17H2,1-8H3. The molecule has 1 heterocycles. The van der Waals surface area contributed by atoms with Crippen LogP contribution in [0.5, 0.6) is 0 Å². The Morgan fingerprint density at radius 1 is 0.906 bits per heavy atom. The van der Waals surface area contributed by atoms with Crippen LogP contribution >= 0.6 is 0 Å². The van der Waals surface area contributed by atoms with Crippen molar-refractivity contribution in [2.45, 2.75) is 119 Å². The molecule has 1 saturated heterocycles. The molecule has 2 nitrogen and oxygen atoms in total. The zero-order valence-corrected chi connectivity index (χ0v) is 21.9. The van der Waals surface area contributed by atoms with Crippen LogP contribution in [-0.4, -0.2) is 18.0 Å². The molecule has 0 N–H and O–H groups in total. The summed E-state index contributed by atoms with van der Waals surface area (Å²) in [5.41, 5.74) is 3.05. The van der Waals surface area contributed by atoms with Crippen molar-refractivity contribution >= 4 is 5.78 Å². The summed E-state index contributed by atoms with van der Waals surface area (Å²) in [7, 11) is 0. The Labute approximate surface area is 196 Å². The molecule has 5 fully saturated rings. The van der Waals surface area contributed by atoms with E-state index in [0.29, 0.717) is 40.7 Å². The van der Waals surface area contributed by atoms with Crippen molar-refractivity contribution in [3.05, 3.63) is 11.6 Å². The van der Waals surface area contributed by atoms with Gasteiger partial charge in [-0.1, -0.05) is 67.0 Å². The molecule has 6 aliphatic rings. The molecule has 4 saturated carbocycles. The lowest BCUT2D eigenvalue weighted by Gasteiger charge is -2.68. The number of rotatable bonds is 0. The molecule has 32 heavy (non-hydrogen) atoms. The molecule has 0 aromatic rings. The minimum atomic E-state index is -0.188. The molecular formula is C30H46O2. The van der Waals surface area contributed by atoms with E-state index in [4.69, 9.17) is 4.74 Å². The normalized spacial score (nSPS) is 57.2. The first-order valence-electron chi connectivity index (χ1n) is 13.6. The smallest absolute Gasteiger partial charge is 0.138 e. The quantitative estimate of drug-likeness (QED) is 0.292. The van der Waals surface area contributed by atoms with Crippen LogP contribution in [0.25, 0.3) is 0 Å². The van der Waals surface area contributed by atoms with Gasteiger partial charge in [0.25, 0.3) is 0 Å². The predicted molar refractivity (Wildman–Crippen MR) is 129 cm³/mol. The third-order valence-corrected chi connectivity index (χ3v) is 12.7. The first-order valence-corrected chi connectivity index (χ1v) is 13.6. The van der Waals surface area contributed by atoms with Gasteiger partial charge >= 0.3 is 0 Å². The summed E-state index contributed by atoms with van der Waals surface area (Å²) in [5, 5.41) is 0. The van der Waals surface area contributed by atoms with Crippen molar-refractivity contribution in [1.29, 1.82) is 0 Å². The van der Waals surface area contributed by atoms with Gasteiger partial charge in [0.2, 0.25) is 0 Å². The van der Waals surface area contributed by atoms with Gasteiger partial charge in [-0.15, -0.1) is 0 Å². The zero-order chi connectivity index (χ0) is 23.1. The highest BCUT2D eigenvalue weighted by Crippen LogP contribution is 2.78. The molecular weight excluding hydrogens is 392 g/mol. The lowest BCUT2D eigenvalue weighted by atomic mass is 9.35. The Morgan fingerprint density at radius 3 is 2.34 bits per heavy atom. The fraction of sp³-hybridized carbons (Fsp3) is 0.900. The second-order valence-electron chi connectivity index (χ2n) is 15.3. The van der Waals surface area contributed by atoms with E-state index in [0.717, 1.165) is 18.8 Å². The number of carbonyl (C=O) groups excluding carboxylic acids is 1. The number of ether oxygens (including phenoxy) is 1. The molecule has 0 spiro atoms. The molecule has 0 radical (unpaired) electrons. The van der Waals surface area contributed by atoms with E-state index in [1.54, 1.807) is 5.57 Å². The van der Waals surface area contributed by atoms with Crippen molar-refractivity contribution in [3.8, 4) is 0 Å². The summed E-state index contributed by atoms with van der Waals surface area (Å²) in [6.45, 7) is 19.8. The first-order chi connectivity index (χ1) is 14.7. The number of hydrogen-bond acceptors (Lipinski definition) is 2. The molecule has 1 aliphatic heterocycles. The van der Waals surface area contributed by atoms with Crippen molar-refractivity contribution in [1.82, 2.24) is 0 Å². The molecule has 5 aliphatic carbocycles. The number of epoxide rings is 1. The van der Waals surface area contributed by atoms with Crippen LogP contribution in [0, 0.1) is 50.2 Å². The maximum atomic E-state index is 12.9. The van der Waals surface area contributed by atoms with E-state index >= 15 is 0 Å². The minimum absolute atomic E-state index is 0.184. The maximum Gasteiger partial charge on any atom is 0.138 e. The SMILES string of the molecule is CC1(C)CCC2(C)CC=C3C4(C)CCC5C(C)(C)C(=O)CCC5(C)C4C4OC4C3(C)C2C1. The Balaban J connectivity index is 1.47. The largest absolute Gasteiger partial charge is 0.368 e. The lowest BCUT2D eigenvalue weighted by Crippen LogP contribution is -2.65. The fourth-order valence-electron chi connectivity index (χ4n) is 11.0. The monoisotopic (exact) mass is 438 g/mol. The number of allylic oxidation sites excluding steroid dienone is 1. The number of hydrogen-bond donors (Lipinski definition) is 0. The minimum Gasteiger partial charge on any atom is -0.368 e. The van der Waals surface area contributed by atoms with Crippen LogP contribution in [0.3, 0.4) is 0 Å². The maximum absolute atomic E-state index is 12.9. The Morgan fingerprint density at radius 2 is 1.62 bits per heavy atom. The van der Waals surface area contributed by atoms with Gasteiger partial charge in [-0.2, -0.15) is 0 Å². The van der Waals surface area contributed by atoms with Gasteiger partial charge in [0, 0.05) is 23.2 Å². The summed E-state index contributed by atoms with van der Waals surface area (Å²) in [4.78, 5) is 12.9. The topological polar surface area (TPSA) is 29.6 Å². The average Bonchev–Trinajstić information content (AvgIpc) is 3.47. The average molecular weight is 439 g/mol. The van der Waals surface area contributed by atoms with Gasteiger partial charge in [0.1, 0.15) is 5.78 Å². The predicted octanol–water partition coefficient (Wildman–Crippen LogP) is 7.36. The van der Waals surface area contributed by atoms with E-state index < -0.39 is 0 Å². The van der Waals surface area contributed by atoms with Gasteiger partial charge in [0.05, 0.1) is 12.2 Å². The Bertz CT molecular complexity index is 912. The van der Waals surface area contributed by atoms with Crippen LogP contribution in [0.4, 0.5) is 0 Å². The number of fused-ring (bicyclic) bond motifs is 10. The molecule has 0 bridgehead atoms. The van der Waals surface area contributed by atoms with E-state index in [1.165, 1.54) is 38.5 Å². The summed E-state index contributed by atoms with van der Waals surface area (Å²) < 4.78 is 6.83. The number of ketones is 1. The van der Waals surface area contributed by atoms with Crippen LogP contribution in [-0.2, 0) is 9.53 Å².